The number of aryl methyl sites for hydroxylation is 1. The Kier molecular flexibility index (Phi) is 11.9. The number of hydrogen-bond donors (Lipinski definition) is 5. The first-order chi connectivity index (χ1) is 26.1. The van der Waals surface area contributed by atoms with Gasteiger partial charge in [0.1, 0.15) is 6.04 Å². The van der Waals surface area contributed by atoms with Crippen LogP contribution in [0.25, 0.3) is 22.2 Å². The molecule has 1 aliphatic heterocycles. The Hall–Kier alpha value is -4.89. The van der Waals surface area contributed by atoms with Crippen molar-refractivity contribution < 1.29 is 36.3 Å². The van der Waals surface area contributed by atoms with Crippen LogP contribution < -0.4 is 21.7 Å². The molecule has 1 saturated carbocycles. The van der Waals surface area contributed by atoms with Crippen molar-refractivity contribution in [1.82, 2.24) is 25.5 Å². The highest BCUT2D eigenvalue weighted by atomic mass is 19.4. The topological polar surface area (TPSA) is 145 Å². The minimum Gasteiger partial charge on any atom is -0.349 e. The van der Waals surface area contributed by atoms with E-state index in [0.717, 1.165) is 61.0 Å². The van der Waals surface area contributed by atoms with Crippen LogP contribution in [0.2, 0.25) is 0 Å². The van der Waals surface area contributed by atoms with Crippen LogP contribution in [0.3, 0.4) is 0 Å². The van der Waals surface area contributed by atoms with Gasteiger partial charge in [-0.15, -0.1) is 0 Å². The van der Waals surface area contributed by atoms with E-state index < -0.39 is 29.9 Å². The van der Waals surface area contributed by atoms with Gasteiger partial charge in [0.2, 0.25) is 11.8 Å². The highest BCUT2D eigenvalue weighted by Crippen LogP contribution is 2.43. The van der Waals surface area contributed by atoms with E-state index in [9.17, 15) is 36.3 Å². The lowest BCUT2D eigenvalue weighted by Crippen LogP contribution is -2.48. The van der Waals surface area contributed by atoms with Gasteiger partial charge in [0.25, 0.3) is 5.91 Å². The maximum Gasteiger partial charge on any atom is 0.461 e. The molecular weight excluding hydrogens is 721 g/mol. The van der Waals surface area contributed by atoms with Crippen LogP contribution in [-0.4, -0.2) is 77.5 Å². The number of aromatic amines is 1. The summed E-state index contributed by atoms with van der Waals surface area (Å²) in [5.41, 5.74) is 9.74. The highest BCUT2D eigenvalue weighted by Gasteiger charge is 2.61. The van der Waals surface area contributed by atoms with Gasteiger partial charge in [0, 0.05) is 29.6 Å². The fourth-order valence-electron chi connectivity index (χ4n) is 7.37. The number of anilines is 1. The molecule has 4 aromatic rings. The van der Waals surface area contributed by atoms with E-state index in [1.165, 1.54) is 18.2 Å². The number of aromatic nitrogens is 2. The van der Waals surface area contributed by atoms with Crippen LogP contribution in [0.15, 0.2) is 60.7 Å². The Balaban J connectivity index is 1.17. The fourth-order valence-corrected chi connectivity index (χ4v) is 7.37. The van der Waals surface area contributed by atoms with E-state index in [0.29, 0.717) is 30.9 Å². The molecule has 6 N–H and O–H groups in total. The number of carbonyl (C=O) groups is 3. The largest absolute Gasteiger partial charge is 0.461 e. The number of nitrogens with one attached hydrogen (secondary N) is 4. The summed E-state index contributed by atoms with van der Waals surface area (Å²) in [6.07, 6.45) is -1.04. The number of piperidine rings is 1. The molecule has 2 aliphatic rings. The zero-order valence-corrected chi connectivity index (χ0v) is 30.7. The normalized spacial score (nSPS) is 19.2. The van der Waals surface area contributed by atoms with Crippen molar-refractivity contribution in [3.8, 4) is 11.1 Å². The number of carbonyl (C=O) groups excluding carboxylic acids is 3. The van der Waals surface area contributed by atoms with Gasteiger partial charge in [-0.1, -0.05) is 30.3 Å². The third kappa shape index (κ3) is 9.33. The molecule has 1 aromatic heterocycles. The van der Waals surface area contributed by atoms with Gasteiger partial charge in [0.05, 0.1) is 11.0 Å². The predicted molar refractivity (Wildman–Crippen MR) is 199 cm³/mol. The van der Waals surface area contributed by atoms with E-state index >= 15 is 0 Å². The van der Waals surface area contributed by atoms with Crippen molar-refractivity contribution in [1.29, 1.82) is 0 Å². The van der Waals surface area contributed by atoms with Crippen molar-refractivity contribution >= 4 is 34.4 Å². The summed E-state index contributed by atoms with van der Waals surface area (Å²) in [4.78, 5) is 47.9. The first kappa shape index (κ1) is 39.8. The summed E-state index contributed by atoms with van der Waals surface area (Å²) in [5, 5.41) is 8.73. The summed E-state index contributed by atoms with van der Waals surface area (Å²) in [7, 11) is 2.07. The molecule has 2 fully saturated rings. The maximum absolute atomic E-state index is 14.0. The number of hydrogen-bond acceptors (Lipinski definition) is 6. The van der Waals surface area contributed by atoms with E-state index in [2.05, 4.69) is 32.9 Å². The lowest BCUT2D eigenvalue weighted by molar-refractivity contribution is -0.292. The number of imidazole rings is 1. The third-order valence-corrected chi connectivity index (χ3v) is 10.8. The number of amides is 3. The second-order valence-electron chi connectivity index (χ2n) is 14.9. The first-order valence-electron chi connectivity index (χ1n) is 18.6. The second kappa shape index (κ2) is 16.5. The minimum absolute atomic E-state index is 0.101. The molecule has 0 spiro atoms. The van der Waals surface area contributed by atoms with Crippen molar-refractivity contribution in [3.05, 3.63) is 83.2 Å². The number of halogens is 5. The third-order valence-electron chi connectivity index (χ3n) is 10.8. The van der Waals surface area contributed by atoms with E-state index in [4.69, 9.17) is 5.73 Å². The molecular formula is C40H46F5N7O3. The Morgan fingerprint density at radius 2 is 1.62 bits per heavy atom. The first-order valence-corrected chi connectivity index (χ1v) is 18.6. The number of alkyl halides is 5. The molecule has 294 valence electrons. The minimum atomic E-state index is -5.85. The Bertz CT molecular complexity index is 2000. The number of H-pyrrole nitrogens is 1. The highest BCUT2D eigenvalue weighted by molar-refractivity contribution is 5.99. The summed E-state index contributed by atoms with van der Waals surface area (Å²) in [6, 6.07) is 16.0. The van der Waals surface area contributed by atoms with E-state index in [1.54, 1.807) is 6.07 Å². The molecule has 3 amide bonds. The van der Waals surface area contributed by atoms with Gasteiger partial charge < -0.3 is 31.6 Å². The molecule has 15 heteroatoms. The zero-order chi connectivity index (χ0) is 39.5. The number of rotatable bonds is 11. The standard InChI is InChI=1S/C40H46F5N7O3/c1-23-19-28(36(54)47-29-15-17-52(2)18-16-29)11-13-31(23)26-7-3-24(4-8-26)20-34(49-35(53)27-9-5-25(22-46)6-10-27)37(55)48-30-12-14-32-33(21-30)51-38(50-32)39(41,42)40(43,44)45/h3-4,7-8,11-14,19,21,25,27,29,34H,5-6,9-10,15-18,20,22,46H2,1-2H3,(H,47,54)(H,48,55)(H,49,53)(H,50,51)/t25?,27?,34-/m0/s1. The Morgan fingerprint density at radius 1 is 0.927 bits per heavy atom. The number of nitrogens with two attached hydrogens (primary N) is 1. The molecule has 0 unspecified atom stereocenters. The van der Waals surface area contributed by atoms with Crippen LogP contribution in [0.5, 0.6) is 0 Å². The van der Waals surface area contributed by atoms with E-state index in [-0.39, 0.29) is 46.9 Å². The van der Waals surface area contributed by atoms with Gasteiger partial charge >= 0.3 is 12.1 Å². The number of benzene rings is 3. The fraction of sp³-hybridized carbons (Fsp3) is 0.450. The molecule has 2 heterocycles. The molecule has 0 bridgehead atoms. The van der Waals surface area contributed by atoms with E-state index in [1.807, 2.05) is 48.3 Å². The SMILES string of the molecule is Cc1cc(C(=O)NC2CCN(C)CC2)ccc1-c1ccc(C[C@H](NC(=O)C2CCC(CN)CC2)C(=O)Nc2ccc3nc(C(F)(F)C(F)(F)F)[nH]c3c2)cc1. The number of fused-ring (bicyclic) bond motifs is 1. The zero-order valence-electron chi connectivity index (χ0n) is 30.7. The second-order valence-corrected chi connectivity index (χ2v) is 14.9. The van der Waals surface area contributed by atoms with Crippen LogP contribution in [-0.2, 0) is 21.9 Å². The molecule has 1 saturated heterocycles. The van der Waals surface area contributed by atoms with Crippen LogP contribution in [0.1, 0.15) is 65.8 Å². The smallest absolute Gasteiger partial charge is 0.349 e. The molecule has 0 radical (unpaired) electrons. The van der Waals surface area contributed by atoms with Gasteiger partial charge in [-0.05, 0) is 131 Å². The quantitative estimate of drug-likeness (QED) is 0.111. The maximum atomic E-state index is 14.0. The number of nitrogens with zero attached hydrogens (tertiary/aromatic N) is 2. The number of likely N-dealkylation sites (tertiary alicyclic amines) is 1. The van der Waals surface area contributed by atoms with Crippen molar-refractivity contribution in [3.63, 3.8) is 0 Å². The predicted octanol–water partition coefficient (Wildman–Crippen LogP) is 6.45. The Morgan fingerprint density at radius 3 is 2.25 bits per heavy atom. The molecule has 55 heavy (non-hydrogen) atoms. The lowest BCUT2D eigenvalue weighted by Gasteiger charge is -2.29. The summed E-state index contributed by atoms with van der Waals surface area (Å²) < 4.78 is 66.8. The summed E-state index contributed by atoms with van der Waals surface area (Å²) in [6.45, 7) is 4.37. The Labute approximate surface area is 315 Å². The van der Waals surface area contributed by atoms with Gasteiger partial charge in [0.15, 0.2) is 5.82 Å². The van der Waals surface area contributed by atoms with Crippen LogP contribution in [0.4, 0.5) is 27.6 Å². The molecule has 1 atom stereocenters. The summed E-state index contributed by atoms with van der Waals surface area (Å²) >= 11 is 0. The van der Waals surface area contributed by atoms with Crippen LogP contribution >= 0.6 is 0 Å². The van der Waals surface area contributed by atoms with Crippen molar-refractivity contribution in [2.45, 2.75) is 76.1 Å². The van der Waals surface area contributed by atoms with Gasteiger partial charge in [-0.2, -0.15) is 22.0 Å². The molecule has 10 nitrogen and oxygen atoms in total. The monoisotopic (exact) mass is 767 g/mol. The average Bonchev–Trinajstić information content (AvgIpc) is 3.60. The molecule has 6 rings (SSSR count). The molecule has 3 aromatic carbocycles. The van der Waals surface area contributed by atoms with Crippen LogP contribution in [0, 0.1) is 18.8 Å². The molecule has 1 aliphatic carbocycles. The van der Waals surface area contributed by atoms with Gasteiger partial charge in [-0.3, -0.25) is 14.4 Å². The lowest BCUT2D eigenvalue weighted by atomic mass is 9.81. The summed E-state index contributed by atoms with van der Waals surface area (Å²) in [5.74, 6) is -7.69. The van der Waals surface area contributed by atoms with Gasteiger partial charge in [-0.25, -0.2) is 4.98 Å². The van der Waals surface area contributed by atoms with Crippen molar-refractivity contribution in [2.24, 2.45) is 17.6 Å². The van der Waals surface area contributed by atoms with Crippen molar-refractivity contribution in [2.75, 3.05) is 32.0 Å². The average molecular weight is 768 g/mol.